The Morgan fingerprint density at radius 2 is 1.01 bits per heavy atom. The van der Waals surface area contributed by atoms with Crippen molar-refractivity contribution in [1.29, 1.82) is 5.26 Å². The van der Waals surface area contributed by atoms with Crippen LogP contribution in [0.2, 0.25) is 0 Å². The van der Waals surface area contributed by atoms with Gasteiger partial charge >= 0.3 is 18.2 Å². The number of rotatable bonds is 10. The highest BCUT2D eigenvalue weighted by molar-refractivity contribution is 7.13. The van der Waals surface area contributed by atoms with Crippen LogP contribution >= 0.6 is 22.7 Å². The van der Waals surface area contributed by atoms with E-state index in [4.69, 9.17) is 38.9 Å². The molecule has 2 aromatic carbocycles. The maximum atomic E-state index is 14.4. The van der Waals surface area contributed by atoms with Crippen molar-refractivity contribution in [3.05, 3.63) is 108 Å². The van der Waals surface area contributed by atoms with Crippen LogP contribution in [0.3, 0.4) is 0 Å². The summed E-state index contributed by atoms with van der Waals surface area (Å²) in [5.41, 5.74) is -0.569. The topological polar surface area (TPSA) is 336 Å². The Bertz CT molecular complexity index is 4070. The van der Waals surface area contributed by atoms with E-state index in [1.54, 1.807) is 47.7 Å². The van der Waals surface area contributed by atoms with Crippen LogP contribution in [0.15, 0.2) is 108 Å². The largest absolute Gasteiger partial charge is 0.479 e. The number of aromatic nitrogens is 4. The minimum absolute atomic E-state index is 0.0164. The van der Waals surface area contributed by atoms with Crippen LogP contribution in [0.4, 0.5) is 9.59 Å². The number of hydrogen-bond donors (Lipinski definition) is 6. The highest BCUT2D eigenvalue weighted by Gasteiger charge is 2.63. The van der Waals surface area contributed by atoms with Gasteiger partial charge in [0.1, 0.15) is 70.0 Å². The van der Waals surface area contributed by atoms with E-state index >= 15 is 0 Å². The maximum absolute atomic E-state index is 14.4. The number of fused-ring (bicyclic) bond motifs is 6. The molecule has 4 fully saturated rings. The van der Waals surface area contributed by atoms with Crippen molar-refractivity contribution in [1.82, 2.24) is 56.3 Å². The van der Waals surface area contributed by atoms with E-state index in [2.05, 4.69) is 26.6 Å². The highest BCUT2D eigenvalue weighted by Crippen LogP contribution is 2.47. The van der Waals surface area contributed by atoms with Crippen LogP contribution in [0.25, 0.3) is 43.2 Å². The van der Waals surface area contributed by atoms with Gasteiger partial charge in [0.15, 0.2) is 6.19 Å². The van der Waals surface area contributed by atoms with Gasteiger partial charge < -0.3 is 55.1 Å². The monoisotopic (exact) mass is 1370 g/mol. The SMILES string of the molecule is CC(C)(C)OC(=O)N[C@H]1CCCCC/C=C\[C@@H]2C[C@@]2(C(=O)NC#N)NC(=O)[C@@H]2C[C@@H](Oc3nc4ccccc4nc3-c3cccs3)CN2C1=O.CC(C)(C)OC(=O)N[C@H]1CCCCC/C=C\[C@@H]2C[C@@]2(C(=O)O)NC(=O)[C@@H]2C[C@@H](Oc3nc4ccccc4nc3-c3cccs3)CN2C1=O. The molecule has 2 aliphatic carbocycles. The first kappa shape index (κ1) is 69.8. The Hall–Kier alpha value is -9.55. The predicted octanol–water partition coefficient (Wildman–Crippen LogP) is 9.67. The zero-order chi connectivity index (χ0) is 69.5. The summed E-state index contributed by atoms with van der Waals surface area (Å²) in [5, 5.41) is 36.6. The number of benzene rings is 2. The Morgan fingerprint density at radius 3 is 1.42 bits per heavy atom. The second-order valence-corrected chi connectivity index (χ2v) is 29.5. The normalized spacial score (nSPS) is 26.7. The first-order valence-corrected chi connectivity index (χ1v) is 35.1. The zero-order valence-corrected chi connectivity index (χ0v) is 57.3. The van der Waals surface area contributed by atoms with Gasteiger partial charge in [0.2, 0.25) is 35.4 Å². The third-order valence-corrected chi connectivity index (χ3v) is 19.7. The molecular weight excluding hydrogens is 1290 g/mol. The molecule has 27 heteroatoms. The smallest absolute Gasteiger partial charge is 0.408 e. The standard InChI is InChI=1S/C36H41N7O6S.C35H41N5O7S/c1-35(2,3)49-34(47)41-26-15-8-6-4-5-7-12-22-19-36(22,33(46)38-21-37)42-30(44)27-18-23(20-43(27)32(26)45)48-31-29(28-16-11-17-50-28)39-24-13-9-10-14-25(24)40-31;1-34(2,3)47-33(45)38-25-15-8-6-4-5-7-12-21-19-35(21,32(43)44)39-29(41)26-18-22(20-40(26)31(25)42)46-30-28(27-16-11-17-48-27)36-23-13-9-10-14-24(23)37-30/h7,9-14,16-17,22-23,26-27H,4-6,8,15,18-20H2,1-3H3,(H,38,46)(H,41,47)(H,42,44);7,9-14,16-17,21-22,25-26H,4-6,8,15,18-20H2,1-3H3,(H,38,45)(H,39,41)(H,43,44)/b2*12-7-/t22-,23-,26+,27+,36-;21-,22-,25+,26+,35-/m11/s1. The summed E-state index contributed by atoms with van der Waals surface area (Å²) in [5.74, 6) is -3.87. The summed E-state index contributed by atoms with van der Waals surface area (Å²) in [6.07, 6.45) is 14.1. The lowest BCUT2D eigenvalue weighted by Gasteiger charge is -2.30. The summed E-state index contributed by atoms with van der Waals surface area (Å²) < 4.78 is 24.0. The molecule has 6 aromatic rings. The van der Waals surface area contributed by atoms with E-state index in [0.717, 1.165) is 48.3 Å². The molecule has 0 unspecified atom stereocenters. The molecule has 0 radical (unpaired) electrons. The molecule has 2 saturated carbocycles. The number of alkyl carbamates (subject to hydrolysis) is 2. The molecule has 6 aliphatic rings. The van der Waals surface area contributed by atoms with Gasteiger partial charge in [-0.1, -0.05) is 86.4 Å². The second kappa shape index (κ2) is 29.7. The number of carbonyl (C=O) groups excluding carboxylic acids is 7. The summed E-state index contributed by atoms with van der Waals surface area (Å²) in [6.45, 7) is 10.5. The lowest BCUT2D eigenvalue weighted by Crippen LogP contribution is -2.57. The number of nitriles is 1. The third kappa shape index (κ3) is 16.5. The van der Waals surface area contributed by atoms with Gasteiger partial charge in [-0.05, 0) is 140 Å². The molecule has 0 spiro atoms. The minimum Gasteiger partial charge on any atom is -0.479 e. The number of nitrogens with zero attached hydrogens (tertiary/aromatic N) is 7. The number of hydrogen-bond acceptors (Lipinski definition) is 19. The van der Waals surface area contributed by atoms with Gasteiger partial charge in [-0.25, -0.2) is 34.3 Å². The van der Waals surface area contributed by atoms with Crippen LogP contribution in [0.5, 0.6) is 11.8 Å². The summed E-state index contributed by atoms with van der Waals surface area (Å²) in [6, 6.07) is 18.5. The van der Waals surface area contributed by atoms with Gasteiger partial charge in [0, 0.05) is 24.7 Å². The van der Waals surface area contributed by atoms with Gasteiger partial charge in [0.25, 0.3) is 5.91 Å². The number of thiophene rings is 2. The van der Waals surface area contributed by atoms with Crippen LogP contribution in [0, 0.1) is 23.3 Å². The number of aliphatic carboxylic acids is 1. The number of nitrogens with one attached hydrogen (secondary N) is 5. The average molecular weight is 1380 g/mol. The molecule has 98 heavy (non-hydrogen) atoms. The van der Waals surface area contributed by atoms with Crippen molar-refractivity contribution < 1.29 is 62.4 Å². The van der Waals surface area contributed by atoms with Crippen molar-refractivity contribution >= 4 is 92.4 Å². The van der Waals surface area contributed by atoms with Crippen LogP contribution in [-0.2, 0) is 38.2 Å². The molecule has 6 N–H and O–H groups in total. The van der Waals surface area contributed by atoms with Crippen molar-refractivity contribution in [2.45, 2.75) is 190 Å². The first-order chi connectivity index (χ1) is 46.9. The van der Waals surface area contributed by atoms with Gasteiger partial charge in [-0.2, -0.15) is 5.26 Å². The molecule has 0 bridgehead atoms. The van der Waals surface area contributed by atoms with Crippen molar-refractivity contribution in [3.8, 4) is 39.1 Å². The molecule has 4 aliphatic heterocycles. The fraction of sp³-hybridized carbons (Fsp3) is 0.479. The molecule has 7 amide bonds. The van der Waals surface area contributed by atoms with Gasteiger partial charge in [0.05, 0.1) is 44.9 Å². The Morgan fingerprint density at radius 1 is 0.592 bits per heavy atom. The van der Waals surface area contributed by atoms with Crippen LogP contribution in [-0.4, -0.2) is 154 Å². The van der Waals surface area contributed by atoms with E-state index < -0.39 is 106 Å². The average Bonchev–Trinajstić information content (AvgIpc) is 1.58. The quantitative estimate of drug-likeness (QED) is 0.0422. The number of carboxylic acids is 1. The number of amides is 7. The van der Waals surface area contributed by atoms with E-state index in [1.165, 1.54) is 32.5 Å². The number of ether oxygens (including phenoxy) is 4. The van der Waals surface area contributed by atoms with Crippen molar-refractivity contribution in [2.75, 3.05) is 13.1 Å². The third-order valence-electron chi connectivity index (χ3n) is 18.0. The fourth-order valence-corrected chi connectivity index (χ4v) is 14.4. The van der Waals surface area contributed by atoms with Crippen molar-refractivity contribution in [3.63, 3.8) is 0 Å². The van der Waals surface area contributed by atoms with E-state index in [0.29, 0.717) is 65.6 Å². The van der Waals surface area contributed by atoms with E-state index in [-0.39, 0.29) is 55.9 Å². The van der Waals surface area contributed by atoms with E-state index in [1.807, 2.05) is 108 Å². The molecule has 516 valence electrons. The van der Waals surface area contributed by atoms with E-state index in [9.17, 15) is 48.7 Å². The predicted molar refractivity (Wildman–Crippen MR) is 365 cm³/mol. The summed E-state index contributed by atoms with van der Waals surface area (Å²) >= 11 is 2.98. The van der Waals surface area contributed by atoms with Crippen molar-refractivity contribution in [2.24, 2.45) is 11.8 Å². The lowest BCUT2D eigenvalue weighted by molar-refractivity contribution is -0.145. The molecule has 12 rings (SSSR count). The Labute approximate surface area is 575 Å². The Kier molecular flexibility index (Phi) is 21.1. The number of para-hydroxylation sites is 4. The fourth-order valence-electron chi connectivity index (χ4n) is 13.0. The number of allylic oxidation sites excluding steroid dienone is 2. The summed E-state index contributed by atoms with van der Waals surface area (Å²) in [7, 11) is 0. The molecule has 8 heterocycles. The van der Waals surface area contributed by atoms with Gasteiger partial charge in [-0.3, -0.25) is 29.3 Å². The molecule has 4 aromatic heterocycles. The molecule has 25 nitrogen and oxygen atoms in total. The first-order valence-electron chi connectivity index (χ1n) is 33.4. The second-order valence-electron chi connectivity index (χ2n) is 27.6. The summed E-state index contributed by atoms with van der Waals surface area (Å²) in [4.78, 5) is 132. The minimum atomic E-state index is -1.44. The zero-order valence-electron chi connectivity index (χ0n) is 55.6. The highest BCUT2D eigenvalue weighted by atomic mass is 32.1. The van der Waals surface area contributed by atoms with Crippen LogP contribution in [0.1, 0.15) is 131 Å². The molecule has 2 saturated heterocycles. The number of carbonyl (C=O) groups is 8. The Balaban J connectivity index is 0.000000199. The number of carboxylic acid groups (broad SMARTS) is 1. The lowest BCUT2D eigenvalue weighted by atomic mass is 10.0. The molecule has 10 atom stereocenters. The maximum Gasteiger partial charge on any atom is 0.408 e. The molecular formula is C71H82N12O13S2. The van der Waals surface area contributed by atoms with Crippen LogP contribution < -0.4 is 36.1 Å². The van der Waals surface area contributed by atoms with Gasteiger partial charge in [-0.15, -0.1) is 22.7 Å².